The Balaban J connectivity index is 2.85. The molecule has 4 heteroatoms. The molecule has 1 aliphatic heterocycles. The maximum absolute atomic E-state index is 11.4. The van der Waals surface area contributed by atoms with Crippen molar-refractivity contribution in [1.29, 1.82) is 5.26 Å². The minimum absolute atomic E-state index is 0.218. The maximum atomic E-state index is 11.4. The van der Waals surface area contributed by atoms with Gasteiger partial charge in [0.2, 0.25) is 9.84 Å². The number of sulfone groups is 1. The molecule has 3 nitrogen and oxygen atoms in total. The quantitative estimate of drug-likeness (QED) is 0.621. The lowest BCUT2D eigenvalue weighted by Gasteiger charge is -1.95. The van der Waals surface area contributed by atoms with Crippen LogP contribution in [-0.4, -0.2) is 8.42 Å². The summed E-state index contributed by atoms with van der Waals surface area (Å²) in [5.41, 5.74) is 0.723. The highest BCUT2D eigenvalue weighted by atomic mass is 32.2. The molecule has 1 aromatic rings. The third kappa shape index (κ3) is 1.05. The molecule has 64 valence electrons. The van der Waals surface area contributed by atoms with Gasteiger partial charge in [-0.1, -0.05) is 18.2 Å². The Hall–Kier alpha value is -1.60. The summed E-state index contributed by atoms with van der Waals surface area (Å²) in [6, 6.07) is 8.35. The smallest absolute Gasteiger partial charge is 0.201 e. The number of nitriles is 1. The number of fused-ring (bicyclic) bond motifs is 1. The molecule has 0 aromatic heterocycles. The first-order valence-electron chi connectivity index (χ1n) is 3.61. The van der Waals surface area contributed by atoms with Gasteiger partial charge in [-0.2, -0.15) is 5.26 Å². The molecule has 0 aliphatic carbocycles. The van der Waals surface area contributed by atoms with Crippen LogP contribution >= 0.6 is 0 Å². The first-order chi connectivity index (χ1) is 6.15. The molecule has 0 bridgehead atoms. The Morgan fingerprint density at radius 3 is 2.62 bits per heavy atom. The molecule has 0 saturated heterocycles. The van der Waals surface area contributed by atoms with E-state index in [9.17, 15) is 8.42 Å². The zero-order valence-corrected chi connectivity index (χ0v) is 7.38. The second-order valence-electron chi connectivity index (χ2n) is 2.68. The predicted molar refractivity (Wildman–Crippen MR) is 47.2 cm³/mol. The highest BCUT2D eigenvalue weighted by Gasteiger charge is 2.25. The number of allylic oxidation sites excluding steroid dienone is 1. The lowest BCUT2D eigenvalue weighted by Crippen LogP contribution is -1.91. The van der Waals surface area contributed by atoms with E-state index in [4.69, 9.17) is 5.26 Å². The van der Waals surface area contributed by atoms with Crippen LogP contribution in [0.2, 0.25) is 0 Å². The van der Waals surface area contributed by atoms with Crippen molar-refractivity contribution in [2.45, 2.75) is 4.90 Å². The first kappa shape index (κ1) is 8.02. The summed E-state index contributed by atoms with van der Waals surface area (Å²) in [6.45, 7) is 0. The molecular formula is C9H5NO2S. The maximum Gasteiger partial charge on any atom is 0.201 e. The average molecular weight is 191 g/mol. The van der Waals surface area contributed by atoms with Crippen molar-refractivity contribution in [2.75, 3.05) is 0 Å². The van der Waals surface area contributed by atoms with Crippen molar-refractivity contribution in [3.63, 3.8) is 0 Å². The van der Waals surface area contributed by atoms with Gasteiger partial charge in [0.1, 0.15) is 6.07 Å². The molecular weight excluding hydrogens is 186 g/mol. The first-order valence-corrected chi connectivity index (χ1v) is 5.16. The number of rotatable bonds is 0. The van der Waals surface area contributed by atoms with Crippen molar-refractivity contribution in [3.05, 3.63) is 35.2 Å². The van der Waals surface area contributed by atoms with E-state index in [-0.39, 0.29) is 10.5 Å². The second-order valence-corrected chi connectivity index (χ2v) is 4.45. The second kappa shape index (κ2) is 2.44. The van der Waals surface area contributed by atoms with Gasteiger partial charge in [0.15, 0.2) is 0 Å². The van der Waals surface area contributed by atoms with E-state index in [2.05, 4.69) is 0 Å². The van der Waals surface area contributed by atoms with E-state index < -0.39 is 9.84 Å². The highest BCUT2D eigenvalue weighted by Crippen LogP contribution is 2.32. The molecule has 0 unspecified atom stereocenters. The molecule has 0 saturated carbocycles. The average Bonchev–Trinajstić information content (AvgIpc) is 2.39. The normalized spacial score (nSPS) is 17.3. The summed E-state index contributed by atoms with van der Waals surface area (Å²) in [4.78, 5) is 0.228. The fourth-order valence-corrected chi connectivity index (χ4v) is 2.68. The summed E-state index contributed by atoms with van der Waals surface area (Å²) >= 11 is 0. The van der Waals surface area contributed by atoms with E-state index in [1.165, 1.54) is 6.07 Å². The summed E-state index contributed by atoms with van der Waals surface area (Å²) in [7, 11) is -3.35. The fourth-order valence-electron chi connectivity index (χ4n) is 1.31. The molecule has 0 N–H and O–H groups in total. The van der Waals surface area contributed by atoms with Crippen LogP contribution < -0.4 is 0 Å². The minimum Gasteiger partial charge on any atom is -0.219 e. The summed E-state index contributed by atoms with van der Waals surface area (Å²) in [6.07, 6.45) is 0. The molecule has 1 heterocycles. The van der Waals surface area contributed by atoms with Gasteiger partial charge in [0.05, 0.1) is 15.9 Å². The molecule has 0 amide bonds. The van der Waals surface area contributed by atoms with E-state index in [0.717, 1.165) is 5.41 Å². The van der Waals surface area contributed by atoms with E-state index >= 15 is 0 Å². The van der Waals surface area contributed by atoms with E-state index in [1.807, 2.05) is 6.07 Å². The third-order valence-electron chi connectivity index (χ3n) is 1.88. The molecule has 0 spiro atoms. The van der Waals surface area contributed by atoms with Crippen molar-refractivity contribution < 1.29 is 8.42 Å². The van der Waals surface area contributed by atoms with Crippen LogP contribution in [0.25, 0.3) is 5.57 Å². The Bertz CT molecular complexity index is 535. The van der Waals surface area contributed by atoms with Gasteiger partial charge < -0.3 is 0 Å². The van der Waals surface area contributed by atoms with Gasteiger partial charge in [0.25, 0.3) is 0 Å². The number of nitrogens with zero attached hydrogens (tertiary/aromatic N) is 1. The predicted octanol–water partition coefficient (Wildman–Crippen LogP) is 1.34. The third-order valence-corrected chi connectivity index (χ3v) is 3.39. The minimum atomic E-state index is -3.35. The van der Waals surface area contributed by atoms with Crippen molar-refractivity contribution >= 4 is 15.4 Å². The highest BCUT2D eigenvalue weighted by molar-refractivity contribution is 7.95. The van der Waals surface area contributed by atoms with E-state index in [1.54, 1.807) is 18.2 Å². The topological polar surface area (TPSA) is 57.9 Å². The number of hydrogen-bond acceptors (Lipinski definition) is 3. The summed E-state index contributed by atoms with van der Waals surface area (Å²) in [5.74, 6) is 0. The molecule has 0 fully saturated rings. The Morgan fingerprint density at radius 1 is 1.23 bits per heavy atom. The van der Waals surface area contributed by atoms with Crippen LogP contribution in [0.1, 0.15) is 5.56 Å². The lowest BCUT2D eigenvalue weighted by molar-refractivity contribution is 0.605. The van der Waals surface area contributed by atoms with Crippen molar-refractivity contribution in [3.8, 4) is 6.07 Å². The monoisotopic (exact) mass is 191 g/mol. The summed E-state index contributed by atoms with van der Waals surface area (Å²) in [5, 5.41) is 9.67. The summed E-state index contributed by atoms with van der Waals surface area (Å²) < 4.78 is 22.8. The van der Waals surface area contributed by atoms with Crippen LogP contribution in [0.3, 0.4) is 0 Å². The van der Waals surface area contributed by atoms with Crippen LogP contribution in [0.4, 0.5) is 0 Å². The van der Waals surface area contributed by atoms with Gasteiger partial charge >= 0.3 is 0 Å². The Morgan fingerprint density at radius 2 is 1.92 bits per heavy atom. The molecule has 0 atom stereocenters. The lowest BCUT2D eigenvalue weighted by atomic mass is 10.1. The van der Waals surface area contributed by atoms with Crippen LogP contribution in [0.5, 0.6) is 0 Å². The molecule has 1 aromatic carbocycles. The zero-order valence-electron chi connectivity index (χ0n) is 6.56. The molecule has 0 radical (unpaired) electrons. The van der Waals surface area contributed by atoms with Gasteiger partial charge in [-0.25, -0.2) is 8.42 Å². The van der Waals surface area contributed by atoms with E-state index in [0.29, 0.717) is 5.56 Å². The van der Waals surface area contributed by atoms with Crippen LogP contribution in [0.15, 0.2) is 34.6 Å². The van der Waals surface area contributed by atoms with Crippen molar-refractivity contribution in [1.82, 2.24) is 0 Å². The van der Waals surface area contributed by atoms with Crippen LogP contribution in [0, 0.1) is 11.3 Å². The Kier molecular flexibility index (Phi) is 1.51. The number of hydrogen-bond donors (Lipinski definition) is 0. The standard InChI is InChI=1S/C9H5NO2S/c10-5-7-6-13(11,12)9-4-2-1-3-8(7)9/h1-4,6H. The van der Waals surface area contributed by atoms with Gasteiger partial charge in [-0.3, -0.25) is 0 Å². The van der Waals surface area contributed by atoms with Gasteiger partial charge in [0, 0.05) is 5.56 Å². The zero-order chi connectivity index (χ0) is 9.47. The fraction of sp³-hybridized carbons (Fsp3) is 0. The molecule has 13 heavy (non-hydrogen) atoms. The van der Waals surface area contributed by atoms with Crippen molar-refractivity contribution in [2.24, 2.45) is 0 Å². The largest absolute Gasteiger partial charge is 0.219 e. The van der Waals surface area contributed by atoms with Crippen LogP contribution in [-0.2, 0) is 9.84 Å². The van der Waals surface area contributed by atoms with Gasteiger partial charge in [-0.15, -0.1) is 0 Å². The molecule has 1 aliphatic rings. The van der Waals surface area contributed by atoms with Gasteiger partial charge in [-0.05, 0) is 6.07 Å². The number of benzene rings is 1. The SMILES string of the molecule is N#CC1=CS(=O)(=O)c2ccccc21. The molecule has 2 rings (SSSR count). The Labute approximate surface area is 75.8 Å².